The molecular weight excluding hydrogens is 267 g/mol. The largest absolute Gasteiger partial charge is 0.573 e. The maximum atomic E-state index is 11.9. The van der Waals surface area contributed by atoms with Gasteiger partial charge in [0.05, 0.1) is 6.54 Å². The van der Waals surface area contributed by atoms with Gasteiger partial charge in [-0.1, -0.05) is 0 Å². The molecule has 0 atom stereocenters. The molecule has 1 rings (SSSR count). The summed E-state index contributed by atoms with van der Waals surface area (Å²) in [5.41, 5.74) is 5.10. The van der Waals surface area contributed by atoms with Crippen LogP contribution in [0.5, 0.6) is 5.75 Å². The van der Waals surface area contributed by atoms with Crippen LogP contribution in [0.1, 0.15) is 0 Å². The first-order chi connectivity index (χ1) is 8.76. The topological polar surface area (TPSA) is 93.5 Å². The van der Waals surface area contributed by atoms with E-state index in [4.69, 9.17) is 5.73 Å². The first-order valence-electron chi connectivity index (χ1n) is 4.95. The second-order valence-electron chi connectivity index (χ2n) is 3.34. The van der Waals surface area contributed by atoms with Crippen molar-refractivity contribution >= 4 is 17.6 Å². The normalized spacial score (nSPS) is 10.7. The van der Waals surface area contributed by atoms with Crippen molar-refractivity contribution in [1.82, 2.24) is 5.32 Å². The van der Waals surface area contributed by atoms with Gasteiger partial charge in [0.1, 0.15) is 5.75 Å². The van der Waals surface area contributed by atoms with Gasteiger partial charge in [-0.2, -0.15) is 0 Å². The molecule has 9 heteroatoms. The van der Waals surface area contributed by atoms with Gasteiger partial charge in [-0.05, 0) is 24.3 Å². The van der Waals surface area contributed by atoms with Gasteiger partial charge < -0.3 is 15.8 Å². The molecule has 0 bridgehead atoms. The van der Waals surface area contributed by atoms with E-state index in [9.17, 15) is 22.8 Å². The molecule has 0 aliphatic rings. The van der Waals surface area contributed by atoms with Crippen LogP contribution >= 0.6 is 0 Å². The predicted octanol–water partition coefficient (Wildman–Crippen LogP) is 1.19. The van der Waals surface area contributed by atoms with Crippen molar-refractivity contribution in [3.05, 3.63) is 24.3 Å². The van der Waals surface area contributed by atoms with E-state index >= 15 is 0 Å². The minimum atomic E-state index is -4.75. The molecule has 3 amide bonds. The van der Waals surface area contributed by atoms with Crippen LogP contribution in [0.15, 0.2) is 24.3 Å². The number of nitrogens with one attached hydrogen (secondary N) is 2. The smallest absolute Gasteiger partial charge is 0.406 e. The number of imide groups is 1. The standard InChI is InChI=1S/C10H10F3N3O3/c11-10(12,13)19-7-3-1-6(2-4-7)15-5-8(17)16-9(14)18/h1-4,15H,5H2,(H3,14,16,17,18). The van der Waals surface area contributed by atoms with E-state index in [0.29, 0.717) is 5.69 Å². The number of amides is 3. The number of carbonyl (C=O) groups excluding carboxylic acids is 2. The number of carbonyl (C=O) groups is 2. The predicted molar refractivity (Wildman–Crippen MR) is 59.3 cm³/mol. The molecule has 0 aliphatic carbocycles. The molecule has 6 nitrogen and oxygen atoms in total. The van der Waals surface area contributed by atoms with Crippen molar-refractivity contribution in [1.29, 1.82) is 0 Å². The summed E-state index contributed by atoms with van der Waals surface area (Å²) in [6.45, 7) is -0.248. The summed E-state index contributed by atoms with van der Waals surface area (Å²) < 4.78 is 39.3. The number of benzene rings is 1. The molecule has 0 spiro atoms. The number of urea groups is 1. The Hall–Kier alpha value is -2.45. The molecule has 1 aromatic rings. The molecule has 0 saturated heterocycles. The minimum absolute atomic E-state index is 0.248. The summed E-state index contributed by atoms with van der Waals surface area (Å²) in [5, 5.41) is 4.40. The Morgan fingerprint density at radius 2 is 1.79 bits per heavy atom. The van der Waals surface area contributed by atoms with Crippen LogP contribution in [0.25, 0.3) is 0 Å². The highest BCUT2D eigenvalue weighted by atomic mass is 19.4. The van der Waals surface area contributed by atoms with Crippen LogP contribution < -0.4 is 21.1 Å². The zero-order chi connectivity index (χ0) is 14.5. The van der Waals surface area contributed by atoms with Gasteiger partial charge >= 0.3 is 12.4 Å². The number of ether oxygens (including phenoxy) is 1. The molecule has 0 aliphatic heterocycles. The van der Waals surface area contributed by atoms with Crippen LogP contribution in [0.3, 0.4) is 0 Å². The van der Waals surface area contributed by atoms with Crippen LogP contribution in [-0.4, -0.2) is 24.8 Å². The zero-order valence-electron chi connectivity index (χ0n) is 9.45. The second-order valence-corrected chi connectivity index (χ2v) is 3.34. The lowest BCUT2D eigenvalue weighted by Gasteiger charge is -2.10. The zero-order valence-corrected chi connectivity index (χ0v) is 9.45. The monoisotopic (exact) mass is 277 g/mol. The summed E-state index contributed by atoms with van der Waals surface area (Å²) >= 11 is 0. The maximum Gasteiger partial charge on any atom is 0.573 e. The second kappa shape index (κ2) is 5.94. The fraction of sp³-hybridized carbons (Fsp3) is 0.200. The lowest BCUT2D eigenvalue weighted by atomic mass is 10.3. The van der Waals surface area contributed by atoms with Gasteiger partial charge in [0.25, 0.3) is 0 Å². The first kappa shape index (κ1) is 14.6. The Bertz CT molecular complexity index is 459. The van der Waals surface area contributed by atoms with Crippen molar-refractivity contribution in [3.8, 4) is 5.75 Å². The molecular formula is C10H10F3N3O3. The van der Waals surface area contributed by atoms with Crippen LogP contribution in [0, 0.1) is 0 Å². The number of hydrogen-bond donors (Lipinski definition) is 3. The Morgan fingerprint density at radius 1 is 1.21 bits per heavy atom. The fourth-order valence-corrected chi connectivity index (χ4v) is 1.14. The van der Waals surface area contributed by atoms with Crippen LogP contribution in [0.4, 0.5) is 23.7 Å². The molecule has 19 heavy (non-hydrogen) atoms. The lowest BCUT2D eigenvalue weighted by Crippen LogP contribution is -2.38. The quantitative estimate of drug-likeness (QED) is 0.770. The molecule has 0 fully saturated rings. The molecule has 0 aromatic heterocycles. The summed E-state index contributed by atoms with van der Waals surface area (Å²) in [6.07, 6.45) is -4.75. The number of primary amides is 1. The summed E-state index contributed by atoms with van der Waals surface area (Å²) in [5.74, 6) is -1.04. The molecule has 104 valence electrons. The Labute approximate surface area is 105 Å². The molecule has 0 saturated carbocycles. The van der Waals surface area contributed by atoms with E-state index in [2.05, 4.69) is 10.1 Å². The average molecular weight is 277 g/mol. The molecule has 4 N–H and O–H groups in total. The molecule has 0 radical (unpaired) electrons. The van der Waals surface area contributed by atoms with Gasteiger partial charge in [0.2, 0.25) is 5.91 Å². The van der Waals surface area contributed by atoms with Crippen molar-refractivity contribution in [2.75, 3.05) is 11.9 Å². The lowest BCUT2D eigenvalue weighted by molar-refractivity contribution is -0.274. The third-order valence-electron chi connectivity index (χ3n) is 1.80. The van der Waals surface area contributed by atoms with E-state index < -0.39 is 18.3 Å². The van der Waals surface area contributed by atoms with Crippen LogP contribution in [-0.2, 0) is 4.79 Å². The Morgan fingerprint density at radius 3 is 2.26 bits per heavy atom. The van der Waals surface area contributed by atoms with Gasteiger partial charge in [-0.15, -0.1) is 13.2 Å². The molecule has 0 unspecified atom stereocenters. The van der Waals surface area contributed by atoms with Crippen molar-refractivity contribution < 1.29 is 27.5 Å². The van der Waals surface area contributed by atoms with Gasteiger partial charge in [-0.25, -0.2) is 4.79 Å². The van der Waals surface area contributed by atoms with E-state index in [-0.39, 0.29) is 12.3 Å². The third-order valence-corrected chi connectivity index (χ3v) is 1.80. The first-order valence-corrected chi connectivity index (χ1v) is 4.95. The average Bonchev–Trinajstić information content (AvgIpc) is 2.25. The number of hydrogen-bond acceptors (Lipinski definition) is 4. The molecule has 1 aromatic carbocycles. The van der Waals surface area contributed by atoms with Gasteiger partial charge in [0.15, 0.2) is 0 Å². The van der Waals surface area contributed by atoms with Gasteiger partial charge in [0, 0.05) is 5.69 Å². The van der Waals surface area contributed by atoms with E-state index in [1.54, 1.807) is 0 Å². The highest BCUT2D eigenvalue weighted by Crippen LogP contribution is 2.23. The highest BCUT2D eigenvalue weighted by molar-refractivity contribution is 5.95. The summed E-state index contributed by atoms with van der Waals surface area (Å²) in [7, 11) is 0. The third kappa shape index (κ3) is 6.15. The fourth-order valence-electron chi connectivity index (χ4n) is 1.14. The summed E-state index contributed by atoms with van der Waals surface area (Å²) in [6, 6.07) is 3.77. The van der Waals surface area contributed by atoms with E-state index in [1.807, 2.05) is 5.32 Å². The Balaban J connectivity index is 2.49. The summed E-state index contributed by atoms with van der Waals surface area (Å²) in [4.78, 5) is 21.4. The highest BCUT2D eigenvalue weighted by Gasteiger charge is 2.30. The Kier molecular flexibility index (Phi) is 4.56. The van der Waals surface area contributed by atoms with E-state index in [0.717, 1.165) is 12.1 Å². The number of alkyl halides is 3. The minimum Gasteiger partial charge on any atom is -0.406 e. The van der Waals surface area contributed by atoms with Crippen LogP contribution in [0.2, 0.25) is 0 Å². The van der Waals surface area contributed by atoms with Crippen molar-refractivity contribution in [3.63, 3.8) is 0 Å². The number of rotatable bonds is 4. The van der Waals surface area contributed by atoms with Gasteiger partial charge in [-0.3, -0.25) is 10.1 Å². The molecule has 0 heterocycles. The number of nitrogens with two attached hydrogens (primary N) is 1. The van der Waals surface area contributed by atoms with E-state index in [1.165, 1.54) is 12.1 Å². The number of halogens is 3. The van der Waals surface area contributed by atoms with Crippen molar-refractivity contribution in [2.45, 2.75) is 6.36 Å². The van der Waals surface area contributed by atoms with Crippen molar-refractivity contribution in [2.24, 2.45) is 5.73 Å². The SMILES string of the molecule is NC(=O)NC(=O)CNc1ccc(OC(F)(F)F)cc1. The number of anilines is 1. The maximum absolute atomic E-state index is 11.9.